The normalized spacial score (nSPS) is 10.6. The van der Waals surface area contributed by atoms with Crippen molar-refractivity contribution in [1.82, 2.24) is 19.7 Å². The molecule has 0 fully saturated rings. The monoisotopic (exact) mass is 384 g/mol. The Balaban J connectivity index is 1.48. The second-order valence-corrected chi connectivity index (χ2v) is 6.62. The van der Waals surface area contributed by atoms with Gasteiger partial charge in [0.05, 0.1) is 18.1 Å². The summed E-state index contributed by atoms with van der Waals surface area (Å²) in [6, 6.07) is 9.03. The van der Waals surface area contributed by atoms with Gasteiger partial charge in [0.1, 0.15) is 5.82 Å². The topological polar surface area (TPSA) is 84.7 Å². The molecule has 0 spiro atoms. The van der Waals surface area contributed by atoms with E-state index < -0.39 is 0 Å². The molecule has 0 saturated carbocycles. The summed E-state index contributed by atoms with van der Waals surface area (Å²) in [5.41, 5.74) is 2.66. The van der Waals surface area contributed by atoms with Gasteiger partial charge in [-0.15, -0.1) is 0 Å². The summed E-state index contributed by atoms with van der Waals surface area (Å²) in [5, 5.41) is 11.1. The molecule has 1 amide bonds. The molecule has 0 radical (unpaired) electrons. The van der Waals surface area contributed by atoms with Gasteiger partial charge in [-0.25, -0.2) is 9.67 Å². The fraction of sp³-hybridized carbons (Fsp3) is 0.263. The number of rotatable bonds is 7. The van der Waals surface area contributed by atoms with Gasteiger partial charge in [0, 0.05) is 29.4 Å². The van der Waals surface area contributed by atoms with Gasteiger partial charge in [-0.3, -0.25) is 9.78 Å². The number of nitrogens with zero attached hydrogens (tertiary/aromatic N) is 4. The van der Waals surface area contributed by atoms with Gasteiger partial charge < -0.3 is 10.6 Å². The maximum absolute atomic E-state index is 12.0. The average Bonchev–Trinajstić information content (AvgIpc) is 2.99. The third kappa shape index (κ3) is 5.27. The van der Waals surface area contributed by atoms with Crippen LogP contribution < -0.4 is 10.6 Å². The van der Waals surface area contributed by atoms with Gasteiger partial charge in [0.2, 0.25) is 5.91 Å². The van der Waals surface area contributed by atoms with Gasteiger partial charge in [0.25, 0.3) is 0 Å². The number of amides is 1. The Morgan fingerprint density at radius 3 is 2.67 bits per heavy atom. The summed E-state index contributed by atoms with van der Waals surface area (Å²) in [6.07, 6.45) is 4.40. The quantitative estimate of drug-likeness (QED) is 0.606. The highest BCUT2D eigenvalue weighted by atomic mass is 35.5. The third-order valence-corrected chi connectivity index (χ3v) is 4.12. The van der Waals surface area contributed by atoms with Gasteiger partial charge >= 0.3 is 0 Å². The number of halogens is 1. The SMILES string of the molecule is Cc1cc(C)n(-c2cncc(NCCCC(=O)Nc3ccc(Cl)cc3)n2)n1. The number of hydrogen-bond donors (Lipinski definition) is 2. The van der Waals surface area contributed by atoms with E-state index in [2.05, 4.69) is 25.7 Å². The van der Waals surface area contributed by atoms with Crippen LogP contribution in [0.25, 0.3) is 5.82 Å². The van der Waals surface area contributed by atoms with Gasteiger partial charge in [0.15, 0.2) is 5.82 Å². The highest BCUT2D eigenvalue weighted by Crippen LogP contribution is 2.14. The third-order valence-electron chi connectivity index (χ3n) is 3.86. The molecule has 0 unspecified atom stereocenters. The Morgan fingerprint density at radius 1 is 1.19 bits per heavy atom. The molecule has 8 heteroatoms. The first-order valence-corrected chi connectivity index (χ1v) is 9.04. The molecule has 0 aliphatic heterocycles. The van der Waals surface area contributed by atoms with Crippen molar-refractivity contribution in [3.8, 4) is 5.82 Å². The first-order valence-electron chi connectivity index (χ1n) is 8.66. The van der Waals surface area contributed by atoms with Crippen LogP contribution in [0, 0.1) is 13.8 Å². The zero-order valence-electron chi connectivity index (χ0n) is 15.2. The maximum Gasteiger partial charge on any atom is 0.224 e. The van der Waals surface area contributed by atoms with E-state index in [4.69, 9.17) is 11.6 Å². The predicted molar refractivity (Wildman–Crippen MR) is 106 cm³/mol. The first kappa shape index (κ1) is 18.8. The number of hydrogen-bond acceptors (Lipinski definition) is 5. The van der Waals surface area contributed by atoms with E-state index in [9.17, 15) is 4.79 Å². The fourth-order valence-corrected chi connectivity index (χ4v) is 2.75. The molecule has 0 bridgehead atoms. The second-order valence-electron chi connectivity index (χ2n) is 6.19. The van der Waals surface area contributed by atoms with Crippen molar-refractivity contribution in [3.05, 3.63) is 59.1 Å². The fourth-order valence-electron chi connectivity index (χ4n) is 2.63. The lowest BCUT2D eigenvalue weighted by Crippen LogP contribution is -2.14. The molecule has 0 aliphatic carbocycles. The van der Waals surface area contributed by atoms with E-state index in [0.717, 1.165) is 17.1 Å². The lowest BCUT2D eigenvalue weighted by atomic mass is 10.2. The van der Waals surface area contributed by atoms with Crippen molar-refractivity contribution in [2.75, 3.05) is 17.2 Å². The number of benzene rings is 1. The zero-order chi connectivity index (χ0) is 19.2. The van der Waals surface area contributed by atoms with E-state index in [0.29, 0.717) is 36.0 Å². The van der Waals surface area contributed by atoms with Gasteiger partial charge in [-0.1, -0.05) is 11.6 Å². The van der Waals surface area contributed by atoms with Crippen LogP contribution in [0.2, 0.25) is 5.02 Å². The van der Waals surface area contributed by atoms with Crippen molar-refractivity contribution in [1.29, 1.82) is 0 Å². The summed E-state index contributed by atoms with van der Waals surface area (Å²) in [5.74, 6) is 1.27. The van der Waals surface area contributed by atoms with E-state index in [1.807, 2.05) is 19.9 Å². The van der Waals surface area contributed by atoms with Crippen molar-refractivity contribution < 1.29 is 4.79 Å². The van der Waals surface area contributed by atoms with Crippen molar-refractivity contribution >= 4 is 29.0 Å². The van der Waals surface area contributed by atoms with E-state index in [1.165, 1.54) is 0 Å². The lowest BCUT2D eigenvalue weighted by Gasteiger charge is -2.08. The van der Waals surface area contributed by atoms with Crippen molar-refractivity contribution in [3.63, 3.8) is 0 Å². The van der Waals surface area contributed by atoms with Gasteiger partial charge in [-0.2, -0.15) is 5.10 Å². The molecule has 2 heterocycles. The van der Waals surface area contributed by atoms with Crippen LogP contribution in [0.15, 0.2) is 42.7 Å². The number of aryl methyl sites for hydroxylation is 2. The van der Waals surface area contributed by atoms with Crippen LogP contribution in [0.1, 0.15) is 24.2 Å². The Bertz CT molecular complexity index is 922. The van der Waals surface area contributed by atoms with Crippen LogP contribution in [0.4, 0.5) is 11.5 Å². The average molecular weight is 385 g/mol. The molecule has 3 aromatic rings. The number of aromatic nitrogens is 4. The van der Waals surface area contributed by atoms with Crippen LogP contribution in [-0.4, -0.2) is 32.2 Å². The first-order chi connectivity index (χ1) is 13.0. The molecule has 27 heavy (non-hydrogen) atoms. The molecule has 0 saturated heterocycles. The zero-order valence-corrected chi connectivity index (χ0v) is 16.0. The molecule has 1 aromatic carbocycles. The Kier molecular flexibility index (Phi) is 6.03. The molecule has 2 aromatic heterocycles. The summed E-state index contributed by atoms with van der Waals surface area (Å²) < 4.78 is 1.76. The lowest BCUT2D eigenvalue weighted by molar-refractivity contribution is -0.116. The molecule has 140 valence electrons. The summed E-state index contributed by atoms with van der Waals surface area (Å²) >= 11 is 5.83. The molecular formula is C19H21ClN6O. The van der Waals surface area contributed by atoms with Crippen molar-refractivity contribution in [2.45, 2.75) is 26.7 Å². The standard InChI is InChI=1S/C19H21ClN6O/c1-13-10-14(2)26(25-13)18-12-21-11-17(24-18)22-9-3-4-19(27)23-16-7-5-15(20)6-8-16/h5-8,10-12H,3-4,9H2,1-2H3,(H,22,24)(H,23,27). The minimum Gasteiger partial charge on any atom is -0.369 e. The van der Waals surface area contributed by atoms with Gasteiger partial charge in [-0.05, 0) is 50.6 Å². The largest absolute Gasteiger partial charge is 0.369 e. The number of nitrogens with one attached hydrogen (secondary N) is 2. The molecule has 3 rings (SSSR count). The van der Waals surface area contributed by atoms with E-state index >= 15 is 0 Å². The minimum atomic E-state index is -0.0402. The molecule has 0 atom stereocenters. The maximum atomic E-state index is 12.0. The van der Waals surface area contributed by atoms with E-state index in [-0.39, 0.29) is 5.91 Å². The number of anilines is 2. The summed E-state index contributed by atoms with van der Waals surface area (Å²) in [6.45, 7) is 4.53. The highest BCUT2D eigenvalue weighted by Gasteiger charge is 2.07. The Hall–Kier alpha value is -2.93. The predicted octanol–water partition coefficient (Wildman–Crippen LogP) is 3.76. The minimum absolute atomic E-state index is 0.0402. The van der Waals surface area contributed by atoms with Crippen LogP contribution >= 0.6 is 11.6 Å². The second kappa shape index (κ2) is 8.64. The van der Waals surface area contributed by atoms with Crippen LogP contribution in [0.5, 0.6) is 0 Å². The van der Waals surface area contributed by atoms with Crippen LogP contribution in [-0.2, 0) is 4.79 Å². The number of carbonyl (C=O) groups is 1. The number of carbonyl (C=O) groups excluding carboxylic acids is 1. The Labute approximate surface area is 162 Å². The summed E-state index contributed by atoms with van der Waals surface area (Å²) in [4.78, 5) is 20.7. The highest BCUT2D eigenvalue weighted by molar-refractivity contribution is 6.30. The van der Waals surface area contributed by atoms with Crippen LogP contribution in [0.3, 0.4) is 0 Å². The molecule has 7 nitrogen and oxygen atoms in total. The molecular weight excluding hydrogens is 364 g/mol. The molecule has 2 N–H and O–H groups in total. The Morgan fingerprint density at radius 2 is 1.96 bits per heavy atom. The molecule has 0 aliphatic rings. The smallest absolute Gasteiger partial charge is 0.224 e. The van der Waals surface area contributed by atoms with Crippen molar-refractivity contribution in [2.24, 2.45) is 0 Å². The van der Waals surface area contributed by atoms with E-state index in [1.54, 1.807) is 41.3 Å². The summed E-state index contributed by atoms with van der Waals surface area (Å²) in [7, 11) is 0.